The first-order valence-electron chi connectivity index (χ1n) is 12.0. The molecule has 35 heavy (non-hydrogen) atoms. The van der Waals surface area contributed by atoms with E-state index in [2.05, 4.69) is 0 Å². The molecule has 0 unspecified atom stereocenters. The maximum atomic E-state index is 12.5. The van der Waals surface area contributed by atoms with Crippen molar-refractivity contribution in [3.05, 3.63) is 35.9 Å². The average Bonchev–Trinajstić information content (AvgIpc) is 2.79. The molecule has 0 saturated carbocycles. The summed E-state index contributed by atoms with van der Waals surface area (Å²) in [5, 5.41) is 9.34. The summed E-state index contributed by atoms with van der Waals surface area (Å²) in [6.07, 6.45) is 0. The topological polar surface area (TPSA) is 111 Å². The smallest absolute Gasteiger partial charge is 0.320 e. The Labute approximate surface area is 207 Å². The van der Waals surface area contributed by atoms with E-state index < -0.39 is 5.97 Å². The van der Waals surface area contributed by atoms with E-state index >= 15 is 0 Å². The van der Waals surface area contributed by atoms with Crippen LogP contribution in [0.15, 0.2) is 30.3 Å². The maximum Gasteiger partial charge on any atom is 0.320 e. The van der Waals surface area contributed by atoms with Crippen LogP contribution < -0.4 is 0 Å². The monoisotopic (exact) mass is 490 g/mol. The molecule has 0 bridgehead atoms. The number of aliphatic carboxylic acids is 1. The highest BCUT2D eigenvalue weighted by molar-refractivity contribution is 5.78. The summed E-state index contributed by atoms with van der Waals surface area (Å²) in [4.78, 5) is 55.3. The second-order valence-corrected chi connectivity index (χ2v) is 9.05. The summed E-state index contributed by atoms with van der Waals surface area (Å²) >= 11 is 0. The van der Waals surface area contributed by atoms with Gasteiger partial charge in [0.15, 0.2) is 0 Å². The number of esters is 1. The van der Waals surface area contributed by atoms with Crippen LogP contribution in [0, 0.1) is 0 Å². The van der Waals surface area contributed by atoms with E-state index in [0.717, 1.165) is 5.56 Å². The summed E-state index contributed by atoms with van der Waals surface area (Å²) in [5.41, 5.74) is 0.907. The molecule has 1 fully saturated rings. The highest BCUT2D eigenvalue weighted by Crippen LogP contribution is 2.04. The Balaban J connectivity index is 2.06. The predicted octanol–water partition coefficient (Wildman–Crippen LogP) is 0.214. The van der Waals surface area contributed by atoms with Crippen molar-refractivity contribution in [1.29, 1.82) is 0 Å². The van der Waals surface area contributed by atoms with Crippen molar-refractivity contribution in [2.45, 2.75) is 20.5 Å². The molecule has 0 atom stereocenters. The Morgan fingerprint density at radius 1 is 0.686 bits per heavy atom. The molecule has 10 heteroatoms. The van der Waals surface area contributed by atoms with E-state index in [4.69, 9.17) is 4.74 Å². The summed E-state index contributed by atoms with van der Waals surface area (Å²) in [7, 11) is 0. The molecule has 1 aromatic carbocycles. The van der Waals surface area contributed by atoms with Crippen LogP contribution in [0.3, 0.4) is 0 Å². The molecule has 0 radical (unpaired) electrons. The first kappa shape index (κ1) is 28.6. The Kier molecular flexibility index (Phi) is 12.5. The summed E-state index contributed by atoms with van der Waals surface area (Å²) in [5.74, 6) is -1.18. The van der Waals surface area contributed by atoms with E-state index in [1.807, 2.05) is 49.9 Å². The second kappa shape index (κ2) is 15.4. The number of rotatable bonds is 10. The van der Waals surface area contributed by atoms with Crippen molar-refractivity contribution in [1.82, 2.24) is 19.6 Å². The van der Waals surface area contributed by atoms with Gasteiger partial charge < -0.3 is 9.84 Å². The second-order valence-electron chi connectivity index (χ2n) is 9.05. The van der Waals surface area contributed by atoms with Crippen molar-refractivity contribution in [2.24, 2.45) is 0 Å². The molecule has 0 aromatic heterocycles. The van der Waals surface area contributed by atoms with Gasteiger partial charge in [0.2, 0.25) is 0 Å². The molecule has 1 aromatic rings. The highest BCUT2D eigenvalue weighted by Gasteiger charge is 2.20. The molecule has 1 aliphatic rings. The number of hydrogen-bond donors (Lipinski definition) is 1. The van der Waals surface area contributed by atoms with Gasteiger partial charge >= 0.3 is 11.9 Å². The van der Waals surface area contributed by atoms with Gasteiger partial charge in [-0.25, -0.2) is 0 Å². The number of hydrogen-bond acceptors (Lipinski definition) is 9. The molecule has 0 spiro atoms. The number of carbonyl (C=O) groups is 4. The first-order chi connectivity index (χ1) is 16.7. The van der Waals surface area contributed by atoms with Crippen molar-refractivity contribution >= 4 is 23.5 Å². The molecule has 1 aliphatic heterocycles. The van der Waals surface area contributed by atoms with E-state index in [1.165, 1.54) is 6.92 Å². The van der Waals surface area contributed by atoms with Crippen molar-refractivity contribution in [3.8, 4) is 0 Å². The Bertz CT molecular complexity index is 803. The van der Waals surface area contributed by atoms with Crippen LogP contribution in [-0.2, 0) is 30.5 Å². The number of ether oxygens (including phenoxy) is 1. The third-order valence-corrected chi connectivity index (χ3v) is 5.78. The van der Waals surface area contributed by atoms with E-state index in [0.29, 0.717) is 58.9 Å². The van der Waals surface area contributed by atoms with Gasteiger partial charge in [-0.05, 0) is 19.4 Å². The lowest BCUT2D eigenvalue weighted by molar-refractivity contribution is -0.146. The summed E-state index contributed by atoms with van der Waals surface area (Å²) < 4.78 is 5.44. The normalized spacial score (nSPS) is 17.8. The molecule has 2 rings (SSSR count). The third-order valence-electron chi connectivity index (χ3n) is 5.78. The largest absolute Gasteiger partial charge is 0.480 e. The molecule has 0 aliphatic carbocycles. The first-order valence-corrected chi connectivity index (χ1v) is 12.0. The molecule has 10 nitrogen and oxygen atoms in total. The molecule has 194 valence electrons. The number of carboxylic acids is 1. The Morgan fingerprint density at radius 3 is 1.49 bits per heavy atom. The minimum atomic E-state index is -0.920. The van der Waals surface area contributed by atoms with Crippen LogP contribution in [0.4, 0.5) is 0 Å². The van der Waals surface area contributed by atoms with E-state index in [-0.39, 0.29) is 43.8 Å². The lowest BCUT2D eigenvalue weighted by Gasteiger charge is -2.33. The van der Waals surface area contributed by atoms with Crippen LogP contribution in [0.5, 0.6) is 0 Å². The van der Waals surface area contributed by atoms with Crippen LogP contribution in [0.2, 0.25) is 0 Å². The van der Waals surface area contributed by atoms with Gasteiger partial charge in [-0.1, -0.05) is 30.3 Å². The van der Waals surface area contributed by atoms with Gasteiger partial charge in [0.25, 0.3) is 0 Å². The fourth-order valence-electron chi connectivity index (χ4n) is 4.00. The van der Waals surface area contributed by atoms with Crippen molar-refractivity contribution < 1.29 is 29.0 Å². The minimum Gasteiger partial charge on any atom is -0.480 e. The zero-order valence-corrected chi connectivity index (χ0v) is 20.9. The molecule has 1 heterocycles. The van der Waals surface area contributed by atoms with Gasteiger partial charge in [-0.15, -0.1) is 0 Å². The number of nitrogens with zero attached hydrogens (tertiary/aromatic N) is 4. The van der Waals surface area contributed by atoms with Gasteiger partial charge in [0.1, 0.15) is 18.2 Å². The SMILES string of the molecule is CC(=O)CN1CCN(CC(C)=O)CCN(CC(=O)OCc2ccccc2)CCN(CC(=O)O)CC1. The maximum absolute atomic E-state index is 12.5. The standard InChI is InChI=1S/C25H38N4O6/c1-21(30)16-26-8-9-27(17-22(2)31)11-14-29(15-13-28(12-10-26)18-24(32)33)19-25(34)35-20-23-6-4-3-5-7-23/h3-7H,8-20H2,1-2H3,(H,32,33). The number of benzene rings is 1. The van der Waals surface area contributed by atoms with E-state index in [1.54, 1.807) is 6.92 Å². The number of ketones is 2. The zero-order chi connectivity index (χ0) is 25.6. The van der Waals surface area contributed by atoms with Gasteiger partial charge in [-0.3, -0.25) is 38.8 Å². The van der Waals surface area contributed by atoms with Crippen molar-refractivity contribution in [3.63, 3.8) is 0 Å². The molecular formula is C25H38N4O6. The molecular weight excluding hydrogens is 452 g/mol. The Morgan fingerprint density at radius 2 is 1.09 bits per heavy atom. The van der Waals surface area contributed by atoms with Crippen LogP contribution >= 0.6 is 0 Å². The average molecular weight is 491 g/mol. The van der Waals surface area contributed by atoms with Crippen LogP contribution in [0.25, 0.3) is 0 Å². The minimum absolute atomic E-state index is 0.0418. The van der Waals surface area contributed by atoms with E-state index in [9.17, 15) is 24.3 Å². The predicted molar refractivity (Wildman–Crippen MR) is 131 cm³/mol. The molecule has 0 amide bonds. The van der Waals surface area contributed by atoms with Gasteiger partial charge in [0.05, 0.1) is 26.2 Å². The van der Waals surface area contributed by atoms with Crippen molar-refractivity contribution in [2.75, 3.05) is 78.5 Å². The summed E-state index contributed by atoms with van der Waals surface area (Å²) in [6, 6.07) is 9.46. The lowest BCUT2D eigenvalue weighted by atomic mass is 10.2. The van der Waals surface area contributed by atoms with Gasteiger partial charge in [-0.2, -0.15) is 0 Å². The van der Waals surface area contributed by atoms with Crippen LogP contribution in [0.1, 0.15) is 19.4 Å². The number of Topliss-reactive ketones (excluding diaryl/α,β-unsaturated/α-hetero) is 2. The number of carboxylic acid groups (broad SMARTS) is 1. The fourth-order valence-corrected chi connectivity index (χ4v) is 4.00. The zero-order valence-electron chi connectivity index (χ0n) is 20.9. The number of carbonyl (C=O) groups excluding carboxylic acids is 3. The lowest BCUT2D eigenvalue weighted by Crippen LogP contribution is -2.49. The summed E-state index contributed by atoms with van der Waals surface area (Å²) in [6.45, 7) is 8.07. The Hall–Kier alpha value is -2.66. The van der Waals surface area contributed by atoms with Crippen LogP contribution in [-0.4, -0.2) is 127 Å². The van der Waals surface area contributed by atoms with Gasteiger partial charge in [0, 0.05) is 52.4 Å². The molecule has 1 N–H and O–H groups in total. The molecule has 1 saturated heterocycles. The third kappa shape index (κ3) is 12.6. The fraction of sp³-hybridized carbons (Fsp3) is 0.600. The quantitative estimate of drug-likeness (QED) is 0.457. The highest BCUT2D eigenvalue weighted by atomic mass is 16.5.